The highest BCUT2D eigenvalue weighted by atomic mass is 16.5. The summed E-state index contributed by atoms with van der Waals surface area (Å²) in [5.74, 6) is 2.59. The first-order chi connectivity index (χ1) is 9.82. The number of ether oxygens (including phenoxy) is 1. The van der Waals surface area contributed by atoms with Crippen LogP contribution >= 0.6 is 0 Å². The van der Waals surface area contributed by atoms with Crippen molar-refractivity contribution in [1.29, 1.82) is 0 Å². The molecule has 21 heavy (non-hydrogen) atoms. The summed E-state index contributed by atoms with van der Waals surface area (Å²) >= 11 is 0. The normalized spacial score (nSPS) is 26.6. The van der Waals surface area contributed by atoms with Crippen molar-refractivity contribution in [2.24, 2.45) is 11.8 Å². The van der Waals surface area contributed by atoms with Crippen LogP contribution in [0.4, 0.5) is 0 Å². The standard InChI is InChI=1S/C19H31NO/c1-14-9-15(2)11-18(10-14)21-17-8-6-7-16(12-17)13-20-19(3,4)5/h6-8,12,14-15,18,20H,9-11,13H2,1-5H3. The average Bonchev–Trinajstić information content (AvgIpc) is 2.35. The lowest BCUT2D eigenvalue weighted by atomic mass is 9.82. The van der Waals surface area contributed by atoms with E-state index in [9.17, 15) is 0 Å². The van der Waals surface area contributed by atoms with Crippen LogP contribution in [0.25, 0.3) is 0 Å². The first kappa shape index (κ1) is 16.4. The Morgan fingerprint density at radius 3 is 2.38 bits per heavy atom. The molecule has 0 amide bonds. The maximum atomic E-state index is 6.24. The van der Waals surface area contributed by atoms with Gasteiger partial charge < -0.3 is 10.1 Å². The van der Waals surface area contributed by atoms with Gasteiger partial charge in [-0.2, -0.15) is 0 Å². The van der Waals surface area contributed by atoms with Gasteiger partial charge in [0.05, 0.1) is 6.10 Å². The van der Waals surface area contributed by atoms with E-state index in [4.69, 9.17) is 4.74 Å². The third kappa shape index (κ3) is 5.70. The van der Waals surface area contributed by atoms with Gasteiger partial charge in [-0.15, -0.1) is 0 Å². The minimum absolute atomic E-state index is 0.144. The molecule has 0 radical (unpaired) electrons. The molecule has 0 aromatic heterocycles. The number of hydrogen-bond donors (Lipinski definition) is 1. The summed E-state index contributed by atoms with van der Waals surface area (Å²) in [7, 11) is 0. The Labute approximate surface area is 130 Å². The maximum Gasteiger partial charge on any atom is 0.120 e. The number of nitrogens with one attached hydrogen (secondary N) is 1. The Bertz CT molecular complexity index is 439. The largest absolute Gasteiger partial charge is 0.490 e. The van der Waals surface area contributed by atoms with Crippen molar-refractivity contribution >= 4 is 0 Å². The molecule has 1 saturated carbocycles. The van der Waals surface area contributed by atoms with Gasteiger partial charge >= 0.3 is 0 Å². The molecule has 0 heterocycles. The summed E-state index contributed by atoms with van der Waals surface area (Å²) in [6, 6.07) is 8.54. The van der Waals surface area contributed by atoms with Crippen LogP contribution in [0.5, 0.6) is 5.75 Å². The van der Waals surface area contributed by atoms with E-state index in [1.54, 1.807) is 0 Å². The molecule has 2 rings (SSSR count). The fourth-order valence-corrected chi connectivity index (χ4v) is 3.26. The van der Waals surface area contributed by atoms with Gasteiger partial charge in [-0.05, 0) is 69.6 Å². The zero-order valence-electron chi connectivity index (χ0n) is 14.3. The predicted octanol–water partition coefficient (Wildman–Crippen LogP) is 4.78. The van der Waals surface area contributed by atoms with Crippen molar-refractivity contribution in [1.82, 2.24) is 5.32 Å². The lowest BCUT2D eigenvalue weighted by Gasteiger charge is -2.31. The van der Waals surface area contributed by atoms with Crippen LogP contribution < -0.4 is 10.1 Å². The molecular weight excluding hydrogens is 258 g/mol. The Kier molecular flexibility index (Phi) is 5.32. The summed E-state index contributed by atoms with van der Waals surface area (Å²) in [5, 5.41) is 3.53. The molecule has 1 aliphatic carbocycles. The van der Waals surface area contributed by atoms with Gasteiger partial charge in [0.25, 0.3) is 0 Å². The fraction of sp³-hybridized carbons (Fsp3) is 0.684. The van der Waals surface area contributed by atoms with Crippen molar-refractivity contribution in [3.05, 3.63) is 29.8 Å². The van der Waals surface area contributed by atoms with Gasteiger partial charge in [-0.3, -0.25) is 0 Å². The molecule has 2 atom stereocenters. The summed E-state index contributed by atoms with van der Waals surface area (Å²) in [6.45, 7) is 12.2. The van der Waals surface area contributed by atoms with Gasteiger partial charge in [-0.25, -0.2) is 0 Å². The molecule has 0 saturated heterocycles. The second kappa shape index (κ2) is 6.83. The van der Waals surface area contributed by atoms with Gasteiger partial charge in [0.15, 0.2) is 0 Å². The van der Waals surface area contributed by atoms with Gasteiger partial charge in [0.1, 0.15) is 5.75 Å². The summed E-state index contributed by atoms with van der Waals surface area (Å²) in [5.41, 5.74) is 1.43. The molecule has 0 spiro atoms. The van der Waals surface area contributed by atoms with Crippen LogP contribution in [-0.2, 0) is 6.54 Å². The Morgan fingerprint density at radius 1 is 1.10 bits per heavy atom. The lowest BCUT2D eigenvalue weighted by molar-refractivity contribution is 0.101. The maximum absolute atomic E-state index is 6.24. The Morgan fingerprint density at radius 2 is 1.76 bits per heavy atom. The molecule has 1 N–H and O–H groups in total. The van der Waals surface area contributed by atoms with Gasteiger partial charge in [-0.1, -0.05) is 26.0 Å². The van der Waals surface area contributed by atoms with Crippen molar-refractivity contribution in [2.75, 3.05) is 0 Å². The molecular formula is C19H31NO. The fourth-order valence-electron chi connectivity index (χ4n) is 3.26. The molecule has 1 aliphatic rings. The SMILES string of the molecule is CC1CC(C)CC(Oc2cccc(CNC(C)(C)C)c2)C1. The monoisotopic (exact) mass is 289 g/mol. The summed E-state index contributed by atoms with van der Waals surface area (Å²) in [6.07, 6.45) is 4.11. The van der Waals surface area contributed by atoms with Crippen molar-refractivity contribution in [2.45, 2.75) is 72.1 Å². The van der Waals surface area contributed by atoms with Crippen molar-refractivity contribution in [3.63, 3.8) is 0 Å². The third-order valence-corrected chi connectivity index (χ3v) is 4.16. The smallest absolute Gasteiger partial charge is 0.120 e. The molecule has 118 valence electrons. The second-order valence-corrected chi connectivity index (χ2v) is 7.91. The Hall–Kier alpha value is -1.02. The molecule has 2 unspecified atom stereocenters. The predicted molar refractivity (Wildman–Crippen MR) is 89.6 cm³/mol. The minimum atomic E-state index is 0.144. The second-order valence-electron chi connectivity index (χ2n) is 7.91. The highest BCUT2D eigenvalue weighted by Gasteiger charge is 2.25. The van der Waals surface area contributed by atoms with Crippen LogP contribution in [0, 0.1) is 11.8 Å². The van der Waals surface area contributed by atoms with E-state index < -0.39 is 0 Å². The molecule has 2 nitrogen and oxygen atoms in total. The van der Waals surface area contributed by atoms with E-state index in [1.165, 1.54) is 24.8 Å². The van der Waals surface area contributed by atoms with E-state index in [0.717, 1.165) is 24.1 Å². The highest BCUT2D eigenvalue weighted by molar-refractivity contribution is 5.28. The molecule has 0 bridgehead atoms. The molecule has 1 aromatic rings. The van der Waals surface area contributed by atoms with Gasteiger partial charge in [0.2, 0.25) is 0 Å². The summed E-state index contributed by atoms with van der Waals surface area (Å²) < 4.78 is 6.24. The zero-order chi connectivity index (χ0) is 15.5. The number of benzene rings is 1. The topological polar surface area (TPSA) is 21.3 Å². The third-order valence-electron chi connectivity index (χ3n) is 4.16. The molecule has 1 fully saturated rings. The van der Waals surface area contributed by atoms with Crippen molar-refractivity contribution in [3.8, 4) is 5.75 Å². The van der Waals surface area contributed by atoms with Crippen LogP contribution in [0.1, 0.15) is 59.4 Å². The molecule has 2 heteroatoms. The number of rotatable bonds is 4. The van der Waals surface area contributed by atoms with Crippen LogP contribution in [-0.4, -0.2) is 11.6 Å². The first-order valence-corrected chi connectivity index (χ1v) is 8.32. The molecule has 1 aromatic carbocycles. The summed E-state index contributed by atoms with van der Waals surface area (Å²) in [4.78, 5) is 0. The average molecular weight is 289 g/mol. The zero-order valence-corrected chi connectivity index (χ0v) is 14.3. The van der Waals surface area contributed by atoms with Crippen LogP contribution in [0.2, 0.25) is 0 Å². The number of hydrogen-bond acceptors (Lipinski definition) is 2. The quantitative estimate of drug-likeness (QED) is 0.861. The van der Waals surface area contributed by atoms with Crippen LogP contribution in [0.3, 0.4) is 0 Å². The first-order valence-electron chi connectivity index (χ1n) is 8.32. The van der Waals surface area contributed by atoms with Crippen LogP contribution in [0.15, 0.2) is 24.3 Å². The van der Waals surface area contributed by atoms with E-state index in [0.29, 0.717) is 6.10 Å². The van der Waals surface area contributed by atoms with E-state index in [2.05, 4.69) is 64.2 Å². The Balaban J connectivity index is 1.94. The highest BCUT2D eigenvalue weighted by Crippen LogP contribution is 2.31. The van der Waals surface area contributed by atoms with E-state index in [-0.39, 0.29) is 5.54 Å². The van der Waals surface area contributed by atoms with Crippen molar-refractivity contribution < 1.29 is 4.74 Å². The lowest BCUT2D eigenvalue weighted by Crippen LogP contribution is -2.35. The minimum Gasteiger partial charge on any atom is -0.490 e. The molecule has 0 aliphatic heterocycles. The van der Waals surface area contributed by atoms with Gasteiger partial charge in [0, 0.05) is 12.1 Å². The van der Waals surface area contributed by atoms with E-state index in [1.807, 2.05) is 0 Å². The van der Waals surface area contributed by atoms with E-state index >= 15 is 0 Å².